The van der Waals surface area contributed by atoms with Gasteiger partial charge in [0.1, 0.15) is 0 Å². The highest BCUT2D eigenvalue weighted by Gasteiger charge is 2.26. The topological polar surface area (TPSA) is 79.8 Å². The van der Waals surface area contributed by atoms with E-state index < -0.39 is 16.1 Å². The molecule has 31 heavy (non-hydrogen) atoms. The second-order valence-corrected chi connectivity index (χ2v) is 9.89. The Balaban J connectivity index is 1.79. The van der Waals surface area contributed by atoms with Gasteiger partial charge in [-0.05, 0) is 60.6 Å². The lowest BCUT2D eigenvalue weighted by molar-refractivity contribution is 0.538. The predicted octanol–water partition coefficient (Wildman–Crippen LogP) is 4.95. The third kappa shape index (κ3) is 5.01. The summed E-state index contributed by atoms with van der Waals surface area (Å²) < 4.78 is 32.1. The lowest BCUT2D eigenvalue weighted by Gasteiger charge is -2.19. The van der Waals surface area contributed by atoms with E-state index in [1.54, 1.807) is 34.9 Å². The Morgan fingerprint density at radius 3 is 2.23 bits per heavy atom. The molecule has 6 nitrogen and oxygen atoms in total. The van der Waals surface area contributed by atoms with Crippen LogP contribution in [0.1, 0.15) is 17.4 Å². The molecule has 4 rings (SSSR count). The molecule has 158 valence electrons. The molecule has 0 saturated carbocycles. The SMILES string of the molecule is O=S(=O)(N[C@@H](Cc1ccccc1)c1n[nH]c(=S)n1-c1ccc(Br)cc1)c1ccccc1. The maximum Gasteiger partial charge on any atom is 0.241 e. The van der Waals surface area contributed by atoms with Crippen molar-refractivity contribution in [3.63, 3.8) is 0 Å². The summed E-state index contributed by atoms with van der Waals surface area (Å²) in [7, 11) is -3.78. The highest BCUT2D eigenvalue weighted by molar-refractivity contribution is 9.10. The number of rotatable bonds is 7. The van der Waals surface area contributed by atoms with E-state index >= 15 is 0 Å². The standard InChI is InChI=1S/C22H19BrN4O2S2/c23-17-11-13-18(14-12-17)27-21(24-25-22(27)30)20(15-16-7-3-1-4-8-16)26-31(28,29)19-9-5-2-6-10-19/h1-14,20,26H,15H2,(H,25,30)/t20-/m0/s1. The van der Waals surface area contributed by atoms with Crippen LogP contribution in [0, 0.1) is 4.77 Å². The number of halogens is 1. The van der Waals surface area contributed by atoms with Crippen molar-refractivity contribution in [1.29, 1.82) is 0 Å². The Labute approximate surface area is 194 Å². The van der Waals surface area contributed by atoms with Crippen LogP contribution >= 0.6 is 28.1 Å². The molecule has 1 atom stereocenters. The number of benzene rings is 3. The molecule has 9 heteroatoms. The van der Waals surface area contributed by atoms with Crippen LogP contribution in [0.3, 0.4) is 0 Å². The van der Waals surface area contributed by atoms with Crippen molar-refractivity contribution in [3.05, 3.63) is 106 Å². The van der Waals surface area contributed by atoms with Crippen LogP contribution in [0.5, 0.6) is 0 Å². The van der Waals surface area contributed by atoms with Crippen LogP contribution in [0.15, 0.2) is 94.3 Å². The van der Waals surface area contributed by atoms with Gasteiger partial charge in [0.05, 0.1) is 10.9 Å². The maximum absolute atomic E-state index is 13.1. The summed E-state index contributed by atoms with van der Waals surface area (Å²) in [5, 5.41) is 7.21. The van der Waals surface area contributed by atoms with E-state index in [1.807, 2.05) is 54.6 Å². The summed E-state index contributed by atoms with van der Waals surface area (Å²) in [4.78, 5) is 0.192. The summed E-state index contributed by atoms with van der Waals surface area (Å²) in [6.45, 7) is 0. The molecule has 1 aromatic heterocycles. The van der Waals surface area contributed by atoms with Gasteiger partial charge in [-0.3, -0.25) is 9.67 Å². The molecule has 4 aromatic rings. The fourth-order valence-corrected chi connectivity index (χ4v) is 5.00. The Morgan fingerprint density at radius 1 is 0.968 bits per heavy atom. The lowest BCUT2D eigenvalue weighted by atomic mass is 10.1. The first-order chi connectivity index (χ1) is 14.9. The van der Waals surface area contributed by atoms with Crippen molar-refractivity contribution in [1.82, 2.24) is 19.5 Å². The summed E-state index contributed by atoms with van der Waals surface area (Å²) in [6, 6.07) is 24.9. The zero-order valence-electron chi connectivity index (χ0n) is 16.3. The molecule has 0 radical (unpaired) electrons. The molecular weight excluding hydrogens is 496 g/mol. The van der Waals surface area contributed by atoms with Gasteiger partial charge in [-0.15, -0.1) is 0 Å². The second kappa shape index (κ2) is 9.27. The smallest absolute Gasteiger partial charge is 0.241 e. The average Bonchev–Trinajstić information content (AvgIpc) is 3.16. The maximum atomic E-state index is 13.1. The van der Waals surface area contributed by atoms with Gasteiger partial charge in [-0.25, -0.2) is 13.1 Å². The summed E-state index contributed by atoms with van der Waals surface area (Å²) in [5.74, 6) is 0.482. The minimum Gasteiger partial charge on any atom is -0.271 e. The van der Waals surface area contributed by atoms with Gasteiger partial charge in [0.25, 0.3) is 0 Å². The van der Waals surface area contributed by atoms with E-state index in [0.717, 1.165) is 15.7 Å². The van der Waals surface area contributed by atoms with E-state index in [1.165, 1.54) is 0 Å². The predicted molar refractivity (Wildman–Crippen MR) is 126 cm³/mol. The van der Waals surface area contributed by atoms with Crippen molar-refractivity contribution in [2.24, 2.45) is 0 Å². The molecule has 0 fully saturated rings. The van der Waals surface area contributed by atoms with Crippen molar-refractivity contribution < 1.29 is 8.42 Å². The monoisotopic (exact) mass is 514 g/mol. The van der Waals surface area contributed by atoms with Crippen molar-refractivity contribution in [3.8, 4) is 5.69 Å². The van der Waals surface area contributed by atoms with Gasteiger partial charge in [-0.2, -0.15) is 5.10 Å². The number of H-pyrrole nitrogens is 1. The van der Waals surface area contributed by atoms with Crippen LogP contribution < -0.4 is 4.72 Å². The van der Waals surface area contributed by atoms with Gasteiger partial charge >= 0.3 is 0 Å². The minimum atomic E-state index is -3.78. The fourth-order valence-electron chi connectivity index (χ4n) is 3.27. The second-order valence-electron chi connectivity index (χ2n) is 6.88. The normalized spacial score (nSPS) is 12.5. The first kappa shape index (κ1) is 21.6. The van der Waals surface area contributed by atoms with E-state index in [2.05, 4.69) is 30.8 Å². The summed E-state index contributed by atoms with van der Waals surface area (Å²) in [5.41, 5.74) is 1.76. The third-order valence-electron chi connectivity index (χ3n) is 4.73. The van der Waals surface area contributed by atoms with Gasteiger partial charge in [0.15, 0.2) is 10.6 Å². The molecular formula is C22H19BrN4O2S2. The van der Waals surface area contributed by atoms with Crippen molar-refractivity contribution in [2.45, 2.75) is 17.4 Å². The molecule has 0 aliphatic rings. The molecule has 0 aliphatic carbocycles. The molecule has 0 aliphatic heterocycles. The molecule has 0 unspecified atom stereocenters. The first-order valence-electron chi connectivity index (χ1n) is 9.48. The van der Waals surface area contributed by atoms with Crippen LogP contribution in [-0.2, 0) is 16.4 Å². The Morgan fingerprint density at radius 2 is 1.58 bits per heavy atom. The first-order valence-corrected chi connectivity index (χ1v) is 12.2. The minimum absolute atomic E-state index is 0.192. The van der Waals surface area contributed by atoms with Crippen LogP contribution in [0.25, 0.3) is 5.69 Å². The fraction of sp³-hybridized carbons (Fsp3) is 0.0909. The van der Waals surface area contributed by atoms with E-state index in [-0.39, 0.29) is 4.90 Å². The highest BCUT2D eigenvalue weighted by Crippen LogP contribution is 2.24. The van der Waals surface area contributed by atoms with E-state index in [4.69, 9.17) is 12.2 Å². The quantitative estimate of drug-likeness (QED) is 0.341. The average molecular weight is 515 g/mol. The van der Waals surface area contributed by atoms with Gasteiger partial charge in [0.2, 0.25) is 10.0 Å². The van der Waals surface area contributed by atoms with Crippen molar-refractivity contribution in [2.75, 3.05) is 0 Å². The number of sulfonamides is 1. The van der Waals surface area contributed by atoms with Crippen LogP contribution in [0.2, 0.25) is 0 Å². The molecule has 0 amide bonds. The van der Waals surface area contributed by atoms with Crippen molar-refractivity contribution >= 4 is 38.2 Å². The largest absolute Gasteiger partial charge is 0.271 e. The molecule has 2 N–H and O–H groups in total. The number of nitrogens with one attached hydrogen (secondary N) is 2. The number of aromatic amines is 1. The third-order valence-corrected chi connectivity index (χ3v) is 7.02. The van der Waals surface area contributed by atoms with Crippen LogP contribution in [0.4, 0.5) is 0 Å². The zero-order chi connectivity index (χ0) is 21.8. The van der Waals surface area contributed by atoms with E-state index in [9.17, 15) is 8.42 Å². The molecule has 1 heterocycles. The van der Waals surface area contributed by atoms with Gasteiger partial charge < -0.3 is 0 Å². The Hall–Kier alpha value is -2.59. The number of hydrogen-bond donors (Lipinski definition) is 2. The molecule has 0 bridgehead atoms. The number of nitrogens with zero attached hydrogens (tertiary/aromatic N) is 2. The molecule has 3 aromatic carbocycles. The number of aromatic nitrogens is 3. The zero-order valence-corrected chi connectivity index (χ0v) is 19.5. The number of hydrogen-bond acceptors (Lipinski definition) is 4. The molecule has 0 saturated heterocycles. The summed E-state index contributed by atoms with van der Waals surface area (Å²) in [6.07, 6.45) is 0.406. The highest BCUT2D eigenvalue weighted by atomic mass is 79.9. The van der Waals surface area contributed by atoms with E-state index in [0.29, 0.717) is 17.0 Å². The summed E-state index contributed by atoms with van der Waals surface area (Å²) >= 11 is 8.90. The van der Waals surface area contributed by atoms with Crippen LogP contribution in [-0.4, -0.2) is 23.2 Å². The Kier molecular flexibility index (Phi) is 6.47. The molecule has 0 spiro atoms. The van der Waals surface area contributed by atoms with Gasteiger partial charge in [0, 0.05) is 10.2 Å². The van der Waals surface area contributed by atoms with Gasteiger partial charge in [-0.1, -0.05) is 64.5 Å². The lowest BCUT2D eigenvalue weighted by Crippen LogP contribution is -2.32. The Bertz CT molecular complexity index is 1320.